The average Bonchev–Trinajstić information content (AvgIpc) is 3.33. The maximum atomic E-state index is 12.7. The van der Waals surface area contributed by atoms with Gasteiger partial charge in [-0.2, -0.15) is 0 Å². The molecule has 2 aliphatic heterocycles. The third-order valence-electron chi connectivity index (χ3n) is 6.60. The highest BCUT2D eigenvalue weighted by molar-refractivity contribution is 14.0. The lowest BCUT2D eigenvalue weighted by atomic mass is 9.99. The number of nitrogens with zero attached hydrogens (tertiary/aromatic N) is 3. The van der Waals surface area contributed by atoms with Gasteiger partial charge in [0.1, 0.15) is 0 Å². The Morgan fingerprint density at radius 1 is 1.06 bits per heavy atom. The third kappa shape index (κ3) is 7.43. The molecular weight excluding hydrogens is 539 g/mol. The van der Waals surface area contributed by atoms with Crippen LogP contribution in [0.15, 0.2) is 59.6 Å². The van der Waals surface area contributed by atoms with Gasteiger partial charge in [-0.15, -0.1) is 24.0 Å². The van der Waals surface area contributed by atoms with E-state index in [2.05, 4.69) is 51.6 Å². The lowest BCUT2D eigenvalue weighted by Crippen LogP contribution is -2.41. The van der Waals surface area contributed by atoms with E-state index >= 15 is 0 Å². The lowest BCUT2D eigenvalue weighted by molar-refractivity contribution is -0.132. The van der Waals surface area contributed by atoms with E-state index in [-0.39, 0.29) is 29.9 Å². The van der Waals surface area contributed by atoms with Gasteiger partial charge in [-0.3, -0.25) is 9.79 Å². The molecule has 0 aromatic heterocycles. The van der Waals surface area contributed by atoms with Gasteiger partial charge in [-0.05, 0) is 36.0 Å². The second-order valence-corrected chi connectivity index (χ2v) is 9.01. The van der Waals surface area contributed by atoms with Crippen LogP contribution in [0.1, 0.15) is 36.0 Å². The zero-order valence-electron chi connectivity index (χ0n) is 20.1. The maximum absolute atomic E-state index is 12.7. The van der Waals surface area contributed by atoms with Gasteiger partial charge in [0.15, 0.2) is 5.96 Å². The fourth-order valence-corrected chi connectivity index (χ4v) is 4.72. The molecule has 6 nitrogen and oxygen atoms in total. The Balaban J connectivity index is 0.00000324. The number of carbonyl (C=O) groups is 1. The summed E-state index contributed by atoms with van der Waals surface area (Å²) in [5.74, 6) is 1.70. The second-order valence-electron chi connectivity index (χ2n) is 9.01. The predicted octanol–water partition coefficient (Wildman–Crippen LogP) is 4.08. The number of ether oxygens (including phenoxy) is 1. The molecule has 2 aliphatic rings. The Hall–Kier alpha value is -2.13. The molecule has 1 saturated heterocycles. The molecule has 1 N–H and O–H groups in total. The molecule has 1 unspecified atom stereocenters. The largest absolute Gasteiger partial charge is 0.376 e. The normalized spacial score (nSPS) is 17.8. The van der Waals surface area contributed by atoms with E-state index in [1.54, 1.807) is 0 Å². The first-order valence-electron chi connectivity index (χ1n) is 12.1. The number of rotatable bonds is 8. The van der Waals surface area contributed by atoms with Gasteiger partial charge >= 0.3 is 0 Å². The zero-order valence-corrected chi connectivity index (χ0v) is 22.4. The van der Waals surface area contributed by atoms with Crippen molar-refractivity contribution in [3.63, 3.8) is 0 Å². The van der Waals surface area contributed by atoms with E-state index in [0.717, 1.165) is 64.6 Å². The first-order valence-corrected chi connectivity index (χ1v) is 12.1. The van der Waals surface area contributed by atoms with Crippen LogP contribution >= 0.6 is 24.0 Å². The molecular formula is C27H37IN4O2. The molecule has 184 valence electrons. The summed E-state index contributed by atoms with van der Waals surface area (Å²) < 4.78 is 5.94. The van der Waals surface area contributed by atoms with Crippen LogP contribution in [0.2, 0.25) is 0 Å². The molecule has 2 aromatic rings. The Morgan fingerprint density at radius 3 is 2.62 bits per heavy atom. The van der Waals surface area contributed by atoms with E-state index in [4.69, 9.17) is 4.74 Å². The van der Waals surface area contributed by atoms with Gasteiger partial charge in [0.2, 0.25) is 5.91 Å². The summed E-state index contributed by atoms with van der Waals surface area (Å²) in [6.45, 7) is 5.72. The summed E-state index contributed by atoms with van der Waals surface area (Å²) in [7, 11) is 1.83. The number of halogens is 1. The SMILES string of the molecule is CN=C(NCCCC(=O)N1CCc2ccccc2C1)N1CCC(COCc2ccccc2)C1.I. The van der Waals surface area contributed by atoms with Crippen LogP contribution in [0, 0.1) is 5.92 Å². The van der Waals surface area contributed by atoms with Crippen molar-refractivity contribution in [2.75, 3.05) is 39.8 Å². The standard InChI is InChI=1S/C27H36N4O2.HI/c1-28-27(31-16-13-23(18-31)21-33-20-22-8-3-2-4-9-22)29-15-7-12-26(32)30-17-14-24-10-5-6-11-25(24)19-30;/h2-6,8-11,23H,7,12-21H2,1H3,(H,28,29);1H. The van der Waals surface area contributed by atoms with Crippen molar-refractivity contribution in [2.24, 2.45) is 10.9 Å². The van der Waals surface area contributed by atoms with Crippen LogP contribution in [0.25, 0.3) is 0 Å². The summed E-state index contributed by atoms with van der Waals surface area (Å²) in [5.41, 5.74) is 3.88. The summed E-state index contributed by atoms with van der Waals surface area (Å²) in [6.07, 6.45) is 3.46. The highest BCUT2D eigenvalue weighted by Crippen LogP contribution is 2.20. The minimum absolute atomic E-state index is 0. The topological polar surface area (TPSA) is 57.2 Å². The number of guanidine groups is 1. The van der Waals surface area contributed by atoms with Crippen molar-refractivity contribution < 1.29 is 9.53 Å². The second kappa shape index (κ2) is 13.7. The minimum Gasteiger partial charge on any atom is -0.376 e. The lowest BCUT2D eigenvalue weighted by Gasteiger charge is -2.29. The number of hydrogen-bond donors (Lipinski definition) is 1. The molecule has 0 saturated carbocycles. The van der Waals surface area contributed by atoms with Crippen molar-refractivity contribution in [3.8, 4) is 0 Å². The van der Waals surface area contributed by atoms with Crippen LogP contribution in [0.3, 0.4) is 0 Å². The number of likely N-dealkylation sites (tertiary alicyclic amines) is 1. The Morgan fingerprint density at radius 2 is 1.82 bits per heavy atom. The first kappa shape index (κ1) is 26.5. The van der Waals surface area contributed by atoms with Crippen molar-refractivity contribution in [2.45, 2.75) is 38.8 Å². The van der Waals surface area contributed by atoms with E-state index in [9.17, 15) is 4.79 Å². The van der Waals surface area contributed by atoms with Gasteiger partial charge in [-0.1, -0.05) is 54.6 Å². The molecule has 4 rings (SSSR count). The Labute approximate surface area is 220 Å². The van der Waals surface area contributed by atoms with E-state index < -0.39 is 0 Å². The van der Waals surface area contributed by atoms with E-state index in [1.165, 1.54) is 16.7 Å². The quantitative estimate of drug-likeness (QED) is 0.223. The number of hydrogen-bond acceptors (Lipinski definition) is 3. The molecule has 0 spiro atoms. The van der Waals surface area contributed by atoms with E-state index in [1.807, 2.05) is 30.1 Å². The summed E-state index contributed by atoms with van der Waals surface area (Å²) in [4.78, 5) is 21.4. The van der Waals surface area contributed by atoms with Gasteiger partial charge in [0.25, 0.3) is 0 Å². The van der Waals surface area contributed by atoms with Crippen LogP contribution in [0.4, 0.5) is 0 Å². The van der Waals surface area contributed by atoms with Gasteiger partial charge in [-0.25, -0.2) is 0 Å². The van der Waals surface area contributed by atoms with Crippen molar-refractivity contribution in [3.05, 3.63) is 71.3 Å². The fraction of sp³-hybridized carbons (Fsp3) is 0.481. The number of benzene rings is 2. The number of fused-ring (bicyclic) bond motifs is 1. The monoisotopic (exact) mass is 576 g/mol. The van der Waals surface area contributed by atoms with Gasteiger partial charge < -0.3 is 19.9 Å². The molecule has 0 radical (unpaired) electrons. The van der Waals surface area contributed by atoms with Gasteiger partial charge in [0.05, 0.1) is 13.2 Å². The van der Waals surface area contributed by atoms with Crippen LogP contribution in [-0.2, 0) is 29.1 Å². The Bertz CT molecular complexity index is 937. The molecule has 2 aromatic carbocycles. The summed E-state index contributed by atoms with van der Waals surface area (Å²) in [6, 6.07) is 18.8. The predicted molar refractivity (Wildman–Crippen MR) is 147 cm³/mol. The fourth-order valence-electron chi connectivity index (χ4n) is 4.72. The zero-order chi connectivity index (χ0) is 22.9. The smallest absolute Gasteiger partial charge is 0.222 e. The number of aliphatic imine (C=N–C) groups is 1. The highest BCUT2D eigenvalue weighted by atomic mass is 127. The summed E-state index contributed by atoms with van der Waals surface area (Å²) >= 11 is 0. The molecule has 1 amide bonds. The minimum atomic E-state index is 0. The molecule has 7 heteroatoms. The molecule has 1 fully saturated rings. The number of nitrogens with one attached hydrogen (secondary N) is 1. The third-order valence-corrected chi connectivity index (χ3v) is 6.60. The first-order chi connectivity index (χ1) is 16.2. The molecule has 34 heavy (non-hydrogen) atoms. The van der Waals surface area contributed by atoms with Crippen molar-refractivity contribution in [1.29, 1.82) is 0 Å². The van der Waals surface area contributed by atoms with E-state index in [0.29, 0.717) is 18.9 Å². The summed E-state index contributed by atoms with van der Waals surface area (Å²) in [5, 5.41) is 3.45. The number of carbonyl (C=O) groups excluding carboxylic acids is 1. The van der Waals surface area contributed by atoms with Crippen molar-refractivity contribution >= 4 is 35.8 Å². The average molecular weight is 577 g/mol. The molecule has 1 atom stereocenters. The van der Waals surface area contributed by atoms with Crippen molar-refractivity contribution in [1.82, 2.24) is 15.1 Å². The van der Waals surface area contributed by atoms with Crippen LogP contribution in [-0.4, -0.2) is 61.5 Å². The van der Waals surface area contributed by atoms with Gasteiger partial charge in [0, 0.05) is 52.1 Å². The molecule has 0 aliphatic carbocycles. The maximum Gasteiger partial charge on any atom is 0.222 e. The van der Waals surface area contributed by atoms with Crippen LogP contribution in [0.5, 0.6) is 0 Å². The van der Waals surface area contributed by atoms with Crippen LogP contribution < -0.4 is 5.32 Å². The Kier molecular flexibility index (Phi) is 10.7. The number of amides is 1. The molecule has 0 bridgehead atoms. The highest BCUT2D eigenvalue weighted by Gasteiger charge is 2.25. The molecule has 2 heterocycles.